The zero-order chi connectivity index (χ0) is 14.7. The highest BCUT2D eigenvalue weighted by atomic mass is 35.5. The summed E-state index contributed by atoms with van der Waals surface area (Å²) < 4.78 is 5.94. The van der Waals surface area contributed by atoms with Gasteiger partial charge in [0.15, 0.2) is 0 Å². The molecular weight excluding hydrogens is 300 g/mol. The lowest BCUT2D eigenvalue weighted by atomic mass is 9.87. The Hall–Kier alpha value is -1.10. The van der Waals surface area contributed by atoms with Gasteiger partial charge in [-0.2, -0.15) is 0 Å². The van der Waals surface area contributed by atoms with Crippen LogP contribution in [0, 0.1) is 5.92 Å². The van der Waals surface area contributed by atoms with Gasteiger partial charge in [-0.15, -0.1) is 12.4 Å². The maximum Gasteiger partial charge on any atom is 0.228 e. The third-order valence-corrected chi connectivity index (χ3v) is 4.62. The monoisotopic (exact) mass is 324 g/mol. The molecule has 2 N–H and O–H groups in total. The fraction of sp³-hybridized carbons (Fsp3) is 0.588. The van der Waals surface area contributed by atoms with Crippen LogP contribution in [0.4, 0.5) is 0 Å². The average molecular weight is 325 g/mol. The summed E-state index contributed by atoms with van der Waals surface area (Å²) in [5, 5.41) is 0. The summed E-state index contributed by atoms with van der Waals surface area (Å²) in [7, 11) is 0. The van der Waals surface area contributed by atoms with Crippen LogP contribution in [0.25, 0.3) is 0 Å². The number of nitrogens with zero attached hydrogens (tertiary/aromatic N) is 1. The Morgan fingerprint density at radius 1 is 1.14 bits per heavy atom. The summed E-state index contributed by atoms with van der Waals surface area (Å²) >= 11 is 0. The Balaban J connectivity index is 0.00000176. The van der Waals surface area contributed by atoms with Crippen molar-refractivity contribution < 1.29 is 9.53 Å². The summed E-state index contributed by atoms with van der Waals surface area (Å²) in [6.45, 7) is 2.32. The first-order valence-electron chi connectivity index (χ1n) is 7.96. The van der Waals surface area contributed by atoms with E-state index in [0.717, 1.165) is 50.9 Å². The molecule has 0 radical (unpaired) electrons. The predicted molar refractivity (Wildman–Crippen MR) is 88.9 cm³/mol. The van der Waals surface area contributed by atoms with Crippen molar-refractivity contribution in [1.29, 1.82) is 0 Å². The van der Waals surface area contributed by atoms with Gasteiger partial charge in [0.05, 0.1) is 12.0 Å². The molecule has 1 aromatic carbocycles. The molecule has 22 heavy (non-hydrogen) atoms. The lowest BCUT2D eigenvalue weighted by Gasteiger charge is -2.37. The van der Waals surface area contributed by atoms with Crippen molar-refractivity contribution in [3.8, 4) is 0 Å². The van der Waals surface area contributed by atoms with Crippen LogP contribution < -0.4 is 5.73 Å². The van der Waals surface area contributed by atoms with Gasteiger partial charge in [0.25, 0.3) is 0 Å². The van der Waals surface area contributed by atoms with E-state index < -0.39 is 0 Å². The van der Waals surface area contributed by atoms with E-state index in [2.05, 4.69) is 12.1 Å². The summed E-state index contributed by atoms with van der Waals surface area (Å²) in [5.41, 5.74) is 7.05. The maximum absolute atomic E-state index is 12.8. The minimum atomic E-state index is -0.0944. The number of benzene rings is 1. The molecule has 2 atom stereocenters. The molecule has 2 fully saturated rings. The fourth-order valence-corrected chi connectivity index (χ4v) is 3.36. The highest BCUT2D eigenvalue weighted by molar-refractivity contribution is 5.85. The van der Waals surface area contributed by atoms with Crippen LogP contribution in [0.15, 0.2) is 30.3 Å². The first-order chi connectivity index (χ1) is 10.3. The molecule has 2 aliphatic heterocycles. The molecule has 2 unspecified atom stereocenters. The van der Waals surface area contributed by atoms with Crippen molar-refractivity contribution in [2.75, 3.05) is 19.7 Å². The van der Waals surface area contributed by atoms with Crippen molar-refractivity contribution in [3.05, 3.63) is 35.9 Å². The number of hydrogen-bond acceptors (Lipinski definition) is 3. The molecular formula is C17H25ClN2O2. The van der Waals surface area contributed by atoms with Crippen molar-refractivity contribution in [2.45, 2.75) is 37.8 Å². The zero-order valence-electron chi connectivity index (χ0n) is 12.8. The van der Waals surface area contributed by atoms with Gasteiger partial charge in [-0.05, 0) is 31.2 Å². The predicted octanol–water partition coefficient (Wildman–Crippen LogP) is 2.53. The molecule has 122 valence electrons. The number of hydrogen-bond donors (Lipinski definition) is 1. The van der Waals surface area contributed by atoms with E-state index in [1.807, 2.05) is 23.1 Å². The summed E-state index contributed by atoms with van der Waals surface area (Å²) in [4.78, 5) is 14.8. The number of likely N-dealkylation sites (tertiary alicyclic amines) is 1. The number of halogens is 1. The van der Waals surface area contributed by atoms with Gasteiger partial charge in [-0.1, -0.05) is 30.3 Å². The van der Waals surface area contributed by atoms with Crippen molar-refractivity contribution in [3.63, 3.8) is 0 Å². The van der Waals surface area contributed by atoms with Crippen LogP contribution in [0.2, 0.25) is 0 Å². The summed E-state index contributed by atoms with van der Waals surface area (Å²) in [6, 6.07) is 10.4. The van der Waals surface area contributed by atoms with Gasteiger partial charge in [-0.3, -0.25) is 4.79 Å². The number of piperidine rings is 1. The lowest BCUT2D eigenvalue weighted by Crippen LogP contribution is -2.47. The second-order valence-electron chi connectivity index (χ2n) is 6.11. The molecule has 0 saturated carbocycles. The van der Waals surface area contributed by atoms with Crippen molar-refractivity contribution >= 4 is 18.3 Å². The molecule has 0 aromatic heterocycles. The van der Waals surface area contributed by atoms with Crippen LogP contribution in [0.3, 0.4) is 0 Å². The van der Waals surface area contributed by atoms with E-state index in [0.29, 0.717) is 0 Å². The van der Waals surface area contributed by atoms with Crippen LogP contribution in [-0.4, -0.2) is 36.5 Å². The van der Waals surface area contributed by atoms with Crippen molar-refractivity contribution in [2.24, 2.45) is 11.7 Å². The van der Waals surface area contributed by atoms with Gasteiger partial charge >= 0.3 is 0 Å². The van der Waals surface area contributed by atoms with Crippen LogP contribution in [-0.2, 0) is 9.53 Å². The molecule has 1 aromatic rings. The SMILES string of the molecule is Cl.NC1CCN(C(=O)C2CCCOC2c2ccccc2)CC1. The third-order valence-electron chi connectivity index (χ3n) is 4.62. The number of carbonyl (C=O) groups is 1. The van der Waals surface area contributed by atoms with Crippen LogP contribution >= 0.6 is 12.4 Å². The number of carbonyl (C=O) groups excluding carboxylic acids is 1. The molecule has 2 aliphatic rings. The highest BCUT2D eigenvalue weighted by Crippen LogP contribution is 2.35. The topological polar surface area (TPSA) is 55.6 Å². The van der Waals surface area contributed by atoms with Crippen LogP contribution in [0.5, 0.6) is 0 Å². The Morgan fingerprint density at radius 3 is 2.50 bits per heavy atom. The molecule has 5 heteroatoms. The van der Waals surface area contributed by atoms with E-state index in [9.17, 15) is 4.79 Å². The van der Waals surface area contributed by atoms with E-state index in [4.69, 9.17) is 10.5 Å². The quantitative estimate of drug-likeness (QED) is 0.909. The van der Waals surface area contributed by atoms with Gasteiger partial charge in [-0.25, -0.2) is 0 Å². The molecule has 4 nitrogen and oxygen atoms in total. The average Bonchev–Trinajstić information content (AvgIpc) is 2.56. The number of ether oxygens (including phenoxy) is 1. The second kappa shape index (κ2) is 7.95. The van der Waals surface area contributed by atoms with E-state index in [1.165, 1.54) is 0 Å². The van der Waals surface area contributed by atoms with Gasteiger partial charge in [0.2, 0.25) is 5.91 Å². The standard InChI is InChI=1S/C17H24N2O2.ClH/c18-14-8-10-19(11-9-14)17(20)15-7-4-12-21-16(15)13-5-2-1-3-6-13;/h1-3,5-6,14-16H,4,7-12,18H2;1H. The molecule has 0 bridgehead atoms. The van der Waals surface area contributed by atoms with Gasteiger partial charge in [0, 0.05) is 25.7 Å². The smallest absolute Gasteiger partial charge is 0.228 e. The lowest BCUT2D eigenvalue weighted by molar-refractivity contribution is -0.146. The fourth-order valence-electron chi connectivity index (χ4n) is 3.36. The normalized spacial score (nSPS) is 26.3. The Labute approximate surface area is 138 Å². The third kappa shape index (κ3) is 3.80. The van der Waals surface area contributed by atoms with Crippen LogP contribution in [0.1, 0.15) is 37.4 Å². The molecule has 1 amide bonds. The molecule has 2 heterocycles. The van der Waals surface area contributed by atoms with Crippen molar-refractivity contribution in [1.82, 2.24) is 4.90 Å². The highest BCUT2D eigenvalue weighted by Gasteiger charge is 2.36. The summed E-state index contributed by atoms with van der Waals surface area (Å²) in [6.07, 6.45) is 3.61. The van der Waals surface area contributed by atoms with E-state index >= 15 is 0 Å². The zero-order valence-corrected chi connectivity index (χ0v) is 13.6. The maximum atomic E-state index is 12.8. The Kier molecular flexibility index (Phi) is 6.24. The molecule has 0 spiro atoms. The summed E-state index contributed by atoms with van der Waals surface area (Å²) in [5.74, 6) is 0.200. The molecule has 3 rings (SSSR count). The Bertz CT molecular complexity index is 475. The Morgan fingerprint density at radius 2 is 1.82 bits per heavy atom. The van der Waals surface area contributed by atoms with E-state index in [-0.39, 0.29) is 36.4 Å². The second-order valence-corrected chi connectivity index (χ2v) is 6.11. The first-order valence-corrected chi connectivity index (χ1v) is 7.96. The van der Waals surface area contributed by atoms with Gasteiger partial charge < -0.3 is 15.4 Å². The molecule has 2 saturated heterocycles. The largest absolute Gasteiger partial charge is 0.373 e. The first kappa shape index (κ1) is 17.3. The minimum Gasteiger partial charge on any atom is -0.373 e. The molecule has 0 aliphatic carbocycles. The minimum absolute atomic E-state index is 0. The number of amides is 1. The number of nitrogens with two attached hydrogens (primary N) is 1. The van der Waals surface area contributed by atoms with E-state index in [1.54, 1.807) is 0 Å². The number of rotatable bonds is 2. The van der Waals surface area contributed by atoms with Gasteiger partial charge in [0.1, 0.15) is 0 Å².